The molecule has 2 nitrogen and oxygen atoms in total. The summed E-state index contributed by atoms with van der Waals surface area (Å²) >= 11 is 1.77. The van der Waals surface area contributed by atoms with Gasteiger partial charge in [0.15, 0.2) is 0 Å². The van der Waals surface area contributed by atoms with Gasteiger partial charge in [0, 0.05) is 17.8 Å². The van der Waals surface area contributed by atoms with Crippen LogP contribution >= 0.6 is 11.8 Å². The Labute approximate surface area is 111 Å². The van der Waals surface area contributed by atoms with E-state index in [4.69, 9.17) is 0 Å². The van der Waals surface area contributed by atoms with Gasteiger partial charge < -0.3 is 10.1 Å². The molecular weight excluding hydrogens is 256 g/mol. The second-order valence-electron chi connectivity index (χ2n) is 4.20. The molecule has 0 aliphatic heterocycles. The van der Waals surface area contributed by atoms with Crippen molar-refractivity contribution in [2.45, 2.75) is 32.5 Å². The Morgan fingerprint density at radius 1 is 1.33 bits per heavy atom. The van der Waals surface area contributed by atoms with Crippen molar-refractivity contribution in [3.05, 3.63) is 29.8 Å². The third-order valence-corrected chi connectivity index (χ3v) is 3.37. The molecule has 0 heterocycles. The van der Waals surface area contributed by atoms with Gasteiger partial charge in [-0.3, -0.25) is 0 Å². The van der Waals surface area contributed by atoms with Crippen LogP contribution in [-0.4, -0.2) is 24.7 Å². The maximum atomic E-state index is 12.1. The van der Waals surface area contributed by atoms with Gasteiger partial charge in [-0.15, -0.1) is 0 Å². The number of nitrogens with one attached hydrogen (secondary N) is 1. The normalized spacial score (nSPS) is 14.6. The van der Waals surface area contributed by atoms with Crippen LogP contribution in [0.3, 0.4) is 0 Å². The lowest BCUT2D eigenvalue weighted by atomic mass is 10.1. The predicted molar refractivity (Wildman–Crippen MR) is 72.5 cm³/mol. The van der Waals surface area contributed by atoms with E-state index in [2.05, 4.69) is 23.2 Å². The maximum Gasteiger partial charge on any atom is 0.387 e. The number of alkyl halides is 2. The average molecular weight is 275 g/mol. The zero-order valence-corrected chi connectivity index (χ0v) is 11.6. The predicted octanol–water partition coefficient (Wildman–Crippen LogP) is 3.69. The molecule has 0 fully saturated rings. The molecular formula is C13H19F2NOS. The van der Waals surface area contributed by atoms with Gasteiger partial charge >= 0.3 is 6.61 Å². The molecule has 0 aromatic heterocycles. The summed E-state index contributed by atoms with van der Waals surface area (Å²) in [6.45, 7) is 1.34. The first-order valence-corrected chi connectivity index (χ1v) is 7.22. The molecule has 1 aromatic rings. The van der Waals surface area contributed by atoms with Crippen molar-refractivity contribution in [3.63, 3.8) is 0 Å². The van der Waals surface area contributed by atoms with Crippen LogP contribution in [0.4, 0.5) is 8.78 Å². The fourth-order valence-electron chi connectivity index (χ4n) is 1.78. The molecule has 0 radical (unpaired) electrons. The van der Waals surface area contributed by atoms with Crippen LogP contribution in [0.2, 0.25) is 0 Å². The Hall–Kier alpha value is -0.810. The molecule has 2 unspecified atom stereocenters. The molecule has 0 aliphatic rings. The topological polar surface area (TPSA) is 21.3 Å². The summed E-state index contributed by atoms with van der Waals surface area (Å²) < 4.78 is 28.6. The molecule has 0 bridgehead atoms. The number of rotatable bonds is 7. The molecule has 1 N–H and O–H groups in total. The van der Waals surface area contributed by atoms with E-state index >= 15 is 0 Å². The Balaban J connectivity index is 2.64. The van der Waals surface area contributed by atoms with Gasteiger partial charge in [0.2, 0.25) is 0 Å². The Morgan fingerprint density at radius 3 is 2.67 bits per heavy atom. The molecule has 0 saturated carbocycles. The first-order chi connectivity index (χ1) is 8.52. The molecule has 5 heteroatoms. The SMILES string of the molecule is CSCC(C)NC(C)c1cccc(OC(F)F)c1. The number of halogens is 2. The molecule has 2 atom stereocenters. The zero-order chi connectivity index (χ0) is 13.5. The van der Waals surface area contributed by atoms with Crippen molar-refractivity contribution in [2.24, 2.45) is 0 Å². The number of thioether (sulfide) groups is 1. The van der Waals surface area contributed by atoms with Crippen LogP contribution in [-0.2, 0) is 0 Å². The van der Waals surface area contributed by atoms with Crippen LogP contribution in [0.5, 0.6) is 5.75 Å². The van der Waals surface area contributed by atoms with Gasteiger partial charge in [0.1, 0.15) is 5.75 Å². The lowest BCUT2D eigenvalue weighted by Crippen LogP contribution is -2.30. The minimum absolute atomic E-state index is 0.105. The molecule has 18 heavy (non-hydrogen) atoms. The average Bonchev–Trinajstić information content (AvgIpc) is 2.28. The fourth-order valence-corrected chi connectivity index (χ4v) is 2.38. The van der Waals surface area contributed by atoms with Crippen molar-refractivity contribution >= 4 is 11.8 Å². The standard InChI is InChI=1S/C13H19F2NOS/c1-9(8-18-3)16-10(2)11-5-4-6-12(7-11)17-13(14)15/h4-7,9-10,13,16H,8H2,1-3H3. The molecule has 1 aromatic carbocycles. The van der Waals surface area contributed by atoms with E-state index < -0.39 is 6.61 Å². The lowest BCUT2D eigenvalue weighted by molar-refractivity contribution is -0.0499. The third-order valence-electron chi connectivity index (χ3n) is 2.53. The zero-order valence-electron chi connectivity index (χ0n) is 10.8. The smallest absolute Gasteiger partial charge is 0.387 e. The first kappa shape index (κ1) is 15.2. The highest BCUT2D eigenvalue weighted by Gasteiger charge is 2.11. The van der Waals surface area contributed by atoms with Gasteiger partial charge in [-0.2, -0.15) is 20.5 Å². The van der Waals surface area contributed by atoms with Gasteiger partial charge in [-0.25, -0.2) is 0 Å². The summed E-state index contributed by atoms with van der Waals surface area (Å²) in [6, 6.07) is 7.29. The molecule has 1 rings (SSSR count). The van der Waals surface area contributed by atoms with E-state index in [1.54, 1.807) is 23.9 Å². The summed E-state index contributed by atoms with van der Waals surface area (Å²) in [5.74, 6) is 1.21. The quantitative estimate of drug-likeness (QED) is 0.820. The monoisotopic (exact) mass is 275 g/mol. The Bertz CT molecular complexity index is 363. The first-order valence-electron chi connectivity index (χ1n) is 5.82. The van der Waals surface area contributed by atoms with E-state index in [1.807, 2.05) is 13.0 Å². The minimum Gasteiger partial charge on any atom is -0.435 e. The number of hydrogen-bond acceptors (Lipinski definition) is 3. The Kier molecular flexibility index (Phi) is 6.43. The molecule has 0 spiro atoms. The van der Waals surface area contributed by atoms with Gasteiger partial charge in [0.05, 0.1) is 0 Å². The second kappa shape index (κ2) is 7.59. The van der Waals surface area contributed by atoms with E-state index in [9.17, 15) is 8.78 Å². The summed E-state index contributed by atoms with van der Waals surface area (Å²) in [7, 11) is 0. The summed E-state index contributed by atoms with van der Waals surface area (Å²) in [6.07, 6.45) is 2.06. The minimum atomic E-state index is -2.78. The lowest BCUT2D eigenvalue weighted by Gasteiger charge is -2.20. The van der Waals surface area contributed by atoms with Crippen LogP contribution in [0.15, 0.2) is 24.3 Å². The summed E-state index contributed by atoms with van der Waals surface area (Å²) in [4.78, 5) is 0. The van der Waals surface area contributed by atoms with E-state index in [0.717, 1.165) is 11.3 Å². The summed E-state index contributed by atoms with van der Waals surface area (Å²) in [5, 5.41) is 3.41. The second-order valence-corrected chi connectivity index (χ2v) is 5.11. The van der Waals surface area contributed by atoms with E-state index in [1.165, 1.54) is 6.07 Å². The van der Waals surface area contributed by atoms with E-state index in [0.29, 0.717) is 6.04 Å². The summed E-state index contributed by atoms with van der Waals surface area (Å²) in [5.41, 5.74) is 0.945. The van der Waals surface area contributed by atoms with Crippen molar-refractivity contribution in [2.75, 3.05) is 12.0 Å². The molecule has 0 amide bonds. The van der Waals surface area contributed by atoms with Crippen molar-refractivity contribution in [3.8, 4) is 5.75 Å². The number of benzene rings is 1. The van der Waals surface area contributed by atoms with Gasteiger partial charge in [0.25, 0.3) is 0 Å². The van der Waals surface area contributed by atoms with E-state index in [-0.39, 0.29) is 11.8 Å². The maximum absolute atomic E-state index is 12.1. The van der Waals surface area contributed by atoms with Crippen LogP contribution < -0.4 is 10.1 Å². The van der Waals surface area contributed by atoms with Crippen molar-refractivity contribution in [1.29, 1.82) is 0 Å². The van der Waals surface area contributed by atoms with Gasteiger partial charge in [-0.1, -0.05) is 12.1 Å². The highest BCUT2D eigenvalue weighted by Crippen LogP contribution is 2.21. The van der Waals surface area contributed by atoms with Crippen molar-refractivity contribution < 1.29 is 13.5 Å². The number of ether oxygens (including phenoxy) is 1. The number of hydrogen-bond donors (Lipinski definition) is 1. The molecule has 0 aliphatic carbocycles. The fraction of sp³-hybridized carbons (Fsp3) is 0.538. The highest BCUT2D eigenvalue weighted by molar-refractivity contribution is 7.98. The highest BCUT2D eigenvalue weighted by atomic mass is 32.2. The van der Waals surface area contributed by atoms with Crippen LogP contribution in [0.25, 0.3) is 0 Å². The van der Waals surface area contributed by atoms with Crippen LogP contribution in [0.1, 0.15) is 25.5 Å². The third kappa shape index (κ3) is 5.23. The largest absolute Gasteiger partial charge is 0.435 e. The molecule has 0 saturated heterocycles. The molecule has 102 valence electrons. The van der Waals surface area contributed by atoms with Crippen molar-refractivity contribution in [1.82, 2.24) is 5.32 Å². The Morgan fingerprint density at radius 2 is 2.06 bits per heavy atom. The van der Waals surface area contributed by atoms with Gasteiger partial charge in [-0.05, 0) is 37.8 Å². The van der Waals surface area contributed by atoms with Crippen LogP contribution in [0, 0.1) is 0 Å².